The predicted octanol–water partition coefficient (Wildman–Crippen LogP) is 3.69. The van der Waals surface area contributed by atoms with Crippen LogP contribution in [0.3, 0.4) is 0 Å². The Morgan fingerprint density at radius 2 is 1.81 bits per heavy atom. The third-order valence-electron chi connectivity index (χ3n) is 5.12. The highest BCUT2D eigenvalue weighted by atomic mass is 19.4. The van der Waals surface area contributed by atoms with E-state index in [4.69, 9.17) is 4.74 Å². The normalized spacial score (nSPS) is 26.1. The first-order chi connectivity index (χ1) is 12.0. The average Bonchev–Trinajstić information content (AvgIpc) is 2.75. The van der Waals surface area contributed by atoms with E-state index in [1.165, 1.54) is 0 Å². The highest BCUT2D eigenvalue weighted by Crippen LogP contribution is 2.45. The number of halogens is 3. The van der Waals surface area contributed by atoms with Crippen LogP contribution >= 0.6 is 0 Å². The van der Waals surface area contributed by atoms with Crippen LogP contribution in [-0.4, -0.2) is 34.6 Å². The van der Waals surface area contributed by atoms with Crippen molar-refractivity contribution in [3.8, 4) is 0 Å². The molecular weight excluding hydrogens is 347 g/mol. The zero-order chi connectivity index (χ0) is 19.1. The number of fused-ring (bicyclic) bond motifs is 2. The minimum atomic E-state index is -4.48. The van der Waals surface area contributed by atoms with Gasteiger partial charge in [-0.2, -0.15) is 13.2 Å². The Labute approximate surface area is 150 Å². The number of esters is 1. The minimum Gasteiger partial charge on any atom is -0.460 e. The summed E-state index contributed by atoms with van der Waals surface area (Å²) in [6.07, 6.45) is -1.19. The molecule has 26 heavy (non-hydrogen) atoms. The maximum atomic E-state index is 12.9. The van der Waals surface area contributed by atoms with Crippen LogP contribution in [0.15, 0.2) is 12.4 Å². The molecule has 2 heterocycles. The zero-order valence-electron chi connectivity index (χ0n) is 15.2. The molecule has 144 valence electrons. The second-order valence-electron chi connectivity index (χ2n) is 8.22. The molecule has 1 aromatic heterocycles. The molecule has 1 unspecified atom stereocenters. The van der Waals surface area contributed by atoms with Crippen LogP contribution in [0.4, 0.5) is 19.0 Å². The van der Waals surface area contributed by atoms with Crippen molar-refractivity contribution >= 4 is 11.8 Å². The monoisotopic (exact) mass is 371 g/mol. The van der Waals surface area contributed by atoms with Gasteiger partial charge in [-0.15, -0.1) is 0 Å². The second kappa shape index (κ2) is 6.70. The average molecular weight is 371 g/mol. The summed E-state index contributed by atoms with van der Waals surface area (Å²) in [6.45, 7) is 6.75. The number of carbonyl (C=O) groups is 1. The van der Waals surface area contributed by atoms with Crippen LogP contribution in [0.1, 0.15) is 45.7 Å². The van der Waals surface area contributed by atoms with Crippen LogP contribution in [0.2, 0.25) is 0 Å². The first kappa shape index (κ1) is 18.9. The molecule has 0 aromatic carbocycles. The van der Waals surface area contributed by atoms with Crippen LogP contribution in [0.25, 0.3) is 0 Å². The number of rotatable bonds is 3. The number of nitrogens with zero attached hydrogens (tertiary/aromatic N) is 3. The second-order valence-corrected chi connectivity index (χ2v) is 8.22. The Kier molecular flexibility index (Phi) is 4.88. The summed E-state index contributed by atoms with van der Waals surface area (Å²) in [6, 6.07) is 1.01. The summed E-state index contributed by atoms with van der Waals surface area (Å²) in [5, 5.41) is 0. The number of piperidine rings is 1. The summed E-state index contributed by atoms with van der Waals surface area (Å²) >= 11 is 0. The SMILES string of the molecule is CC(C)(C)OC(=O)CC1[C@@H]2CC[C@H]1CN(c1cc(C(F)(F)F)ncn1)C2. The molecule has 5 nitrogen and oxygen atoms in total. The number of ether oxygens (including phenoxy) is 1. The van der Waals surface area contributed by atoms with Gasteiger partial charge in [0.25, 0.3) is 0 Å². The first-order valence-corrected chi connectivity index (χ1v) is 8.89. The van der Waals surface area contributed by atoms with Crippen molar-refractivity contribution in [2.75, 3.05) is 18.0 Å². The molecule has 8 heteroatoms. The zero-order valence-corrected chi connectivity index (χ0v) is 15.2. The summed E-state index contributed by atoms with van der Waals surface area (Å²) in [5.74, 6) is 0.871. The Morgan fingerprint density at radius 3 is 2.35 bits per heavy atom. The summed E-state index contributed by atoms with van der Waals surface area (Å²) < 4.78 is 44.1. The molecule has 2 fully saturated rings. The molecule has 1 aliphatic heterocycles. The summed E-state index contributed by atoms with van der Waals surface area (Å²) in [7, 11) is 0. The van der Waals surface area contributed by atoms with E-state index in [1.807, 2.05) is 25.7 Å². The fourth-order valence-electron chi connectivity index (χ4n) is 4.11. The summed E-state index contributed by atoms with van der Waals surface area (Å²) in [5.41, 5.74) is -1.43. The van der Waals surface area contributed by atoms with Gasteiger partial charge in [0.05, 0.1) is 0 Å². The van der Waals surface area contributed by atoms with Crippen molar-refractivity contribution in [2.45, 2.75) is 51.8 Å². The molecule has 1 saturated carbocycles. The first-order valence-electron chi connectivity index (χ1n) is 8.89. The molecular formula is C18H24F3N3O2. The molecule has 2 bridgehead atoms. The van der Waals surface area contributed by atoms with Crippen LogP contribution in [0, 0.1) is 17.8 Å². The van der Waals surface area contributed by atoms with Gasteiger partial charge < -0.3 is 9.64 Å². The van der Waals surface area contributed by atoms with Gasteiger partial charge >= 0.3 is 12.1 Å². The van der Waals surface area contributed by atoms with E-state index in [-0.39, 0.29) is 23.7 Å². The lowest BCUT2D eigenvalue weighted by Crippen LogP contribution is -2.43. The van der Waals surface area contributed by atoms with Crippen molar-refractivity contribution in [2.24, 2.45) is 17.8 Å². The van der Waals surface area contributed by atoms with Gasteiger partial charge in [0.2, 0.25) is 0 Å². The van der Waals surface area contributed by atoms with Crippen molar-refractivity contribution < 1.29 is 22.7 Å². The van der Waals surface area contributed by atoms with E-state index in [2.05, 4.69) is 9.97 Å². The maximum Gasteiger partial charge on any atom is 0.433 e. The lowest BCUT2D eigenvalue weighted by Gasteiger charge is -2.38. The predicted molar refractivity (Wildman–Crippen MR) is 89.4 cm³/mol. The van der Waals surface area contributed by atoms with Crippen LogP contribution < -0.4 is 4.90 Å². The van der Waals surface area contributed by atoms with Gasteiger partial charge in [0.15, 0.2) is 0 Å². The molecule has 0 radical (unpaired) electrons. The lowest BCUT2D eigenvalue weighted by molar-refractivity contribution is -0.156. The Bertz CT molecular complexity index is 658. The summed E-state index contributed by atoms with van der Waals surface area (Å²) in [4.78, 5) is 21.4. The van der Waals surface area contributed by atoms with Gasteiger partial charge in [-0.1, -0.05) is 0 Å². The molecule has 0 spiro atoms. The highest BCUT2D eigenvalue weighted by Gasteiger charge is 2.44. The third kappa shape index (κ3) is 4.27. The number of anilines is 1. The fraction of sp³-hybridized carbons (Fsp3) is 0.722. The molecule has 1 aliphatic carbocycles. The Morgan fingerprint density at radius 1 is 1.19 bits per heavy atom. The van der Waals surface area contributed by atoms with Crippen LogP contribution in [0.5, 0.6) is 0 Å². The van der Waals surface area contributed by atoms with Crippen molar-refractivity contribution in [1.82, 2.24) is 9.97 Å². The highest BCUT2D eigenvalue weighted by molar-refractivity contribution is 5.70. The molecule has 0 N–H and O–H groups in total. The number of aromatic nitrogens is 2. The van der Waals surface area contributed by atoms with Gasteiger partial charge in [0.1, 0.15) is 23.4 Å². The van der Waals surface area contributed by atoms with Crippen molar-refractivity contribution in [3.05, 3.63) is 18.1 Å². The van der Waals surface area contributed by atoms with Gasteiger partial charge in [0, 0.05) is 25.6 Å². The number of hydrogen-bond acceptors (Lipinski definition) is 5. The third-order valence-corrected chi connectivity index (χ3v) is 5.12. The van der Waals surface area contributed by atoms with Gasteiger partial charge in [-0.3, -0.25) is 4.79 Å². The van der Waals surface area contributed by atoms with Gasteiger partial charge in [-0.05, 0) is 51.4 Å². The molecule has 1 saturated heterocycles. The smallest absolute Gasteiger partial charge is 0.433 e. The van der Waals surface area contributed by atoms with Crippen LogP contribution in [-0.2, 0) is 15.7 Å². The van der Waals surface area contributed by atoms with Crippen molar-refractivity contribution in [3.63, 3.8) is 0 Å². The molecule has 1 aromatic rings. The Balaban J connectivity index is 1.68. The number of alkyl halides is 3. The van der Waals surface area contributed by atoms with E-state index in [0.29, 0.717) is 25.3 Å². The largest absolute Gasteiger partial charge is 0.460 e. The van der Waals surface area contributed by atoms with E-state index in [1.54, 1.807) is 0 Å². The number of hydrogen-bond donors (Lipinski definition) is 0. The fourth-order valence-corrected chi connectivity index (χ4v) is 4.11. The van der Waals surface area contributed by atoms with Crippen molar-refractivity contribution in [1.29, 1.82) is 0 Å². The standard InChI is InChI=1S/C18H24F3N3O2/c1-17(2,3)26-16(25)6-13-11-4-5-12(13)9-24(8-11)15-7-14(18(19,20)21)22-10-23-15/h7,10-13H,4-6,8-9H2,1-3H3/t11-,12+,13?. The molecule has 0 amide bonds. The minimum absolute atomic E-state index is 0.200. The molecule has 2 aliphatic rings. The maximum absolute atomic E-state index is 12.9. The van der Waals surface area contributed by atoms with E-state index >= 15 is 0 Å². The lowest BCUT2D eigenvalue weighted by atomic mass is 9.82. The van der Waals surface area contributed by atoms with E-state index in [0.717, 1.165) is 25.2 Å². The Hall–Kier alpha value is -1.86. The molecule has 3 rings (SSSR count). The molecule has 3 atom stereocenters. The quantitative estimate of drug-likeness (QED) is 0.759. The number of carbonyl (C=O) groups excluding carboxylic acids is 1. The topological polar surface area (TPSA) is 55.3 Å². The van der Waals surface area contributed by atoms with Gasteiger partial charge in [-0.25, -0.2) is 9.97 Å². The van der Waals surface area contributed by atoms with E-state index < -0.39 is 17.5 Å². The van der Waals surface area contributed by atoms with E-state index in [9.17, 15) is 18.0 Å².